The van der Waals surface area contributed by atoms with Gasteiger partial charge >= 0.3 is 0 Å². The van der Waals surface area contributed by atoms with Crippen molar-refractivity contribution < 1.29 is 14.0 Å². The molecule has 0 aromatic carbocycles. The molecule has 0 saturated carbocycles. The third-order valence-corrected chi connectivity index (χ3v) is 4.56. The van der Waals surface area contributed by atoms with Crippen LogP contribution < -0.4 is 16.4 Å². The van der Waals surface area contributed by atoms with Gasteiger partial charge in [0.05, 0.1) is 6.20 Å². The van der Waals surface area contributed by atoms with Crippen molar-refractivity contribution in [1.82, 2.24) is 15.6 Å². The number of nitrogens with zero attached hydrogens (tertiary/aromatic N) is 1. The van der Waals surface area contributed by atoms with Crippen LogP contribution in [0.3, 0.4) is 0 Å². The maximum absolute atomic E-state index is 12.4. The fraction of sp³-hybridized carbons (Fsp3) is 0.353. The number of fused-ring (bicyclic) bond motifs is 3. The number of nitrogens with two attached hydrogens (primary N) is 1. The van der Waals surface area contributed by atoms with Crippen LogP contribution >= 0.6 is 0 Å². The van der Waals surface area contributed by atoms with Gasteiger partial charge in [-0.3, -0.25) is 9.59 Å². The number of primary amides is 1. The molecule has 4 heterocycles. The highest BCUT2D eigenvalue weighted by atomic mass is 16.3. The zero-order valence-electron chi connectivity index (χ0n) is 12.8. The SMILES string of the molecule is NC(=O)C#Cc1cc2cc(C(=O)N[C@@H]3C[C@H]4CC[C@@H]3N4)ncc2o1. The largest absolute Gasteiger partial charge is 0.446 e. The van der Waals surface area contributed by atoms with E-state index in [1.165, 1.54) is 12.6 Å². The third kappa shape index (κ3) is 2.72. The molecule has 7 nitrogen and oxygen atoms in total. The first-order valence-corrected chi connectivity index (χ1v) is 7.86. The molecule has 0 spiro atoms. The monoisotopic (exact) mass is 324 g/mol. The van der Waals surface area contributed by atoms with Crippen molar-refractivity contribution >= 4 is 22.8 Å². The van der Waals surface area contributed by atoms with Crippen LogP contribution in [0.2, 0.25) is 0 Å². The van der Waals surface area contributed by atoms with Gasteiger partial charge in [-0.15, -0.1) is 0 Å². The maximum Gasteiger partial charge on any atom is 0.293 e. The van der Waals surface area contributed by atoms with Gasteiger partial charge in [0.1, 0.15) is 5.69 Å². The van der Waals surface area contributed by atoms with Crippen molar-refractivity contribution in [2.75, 3.05) is 0 Å². The first kappa shape index (κ1) is 14.7. The Balaban J connectivity index is 1.53. The number of carbonyl (C=O) groups excluding carboxylic acids is 2. The highest BCUT2D eigenvalue weighted by Crippen LogP contribution is 2.28. The predicted molar refractivity (Wildman–Crippen MR) is 85.9 cm³/mol. The summed E-state index contributed by atoms with van der Waals surface area (Å²) in [6, 6.07) is 4.37. The minimum absolute atomic E-state index is 0.162. The first-order chi connectivity index (χ1) is 11.6. The lowest BCUT2D eigenvalue weighted by atomic mass is 9.95. The molecule has 2 aliphatic heterocycles. The minimum Gasteiger partial charge on any atom is -0.446 e. The third-order valence-electron chi connectivity index (χ3n) is 4.56. The number of furan rings is 1. The van der Waals surface area contributed by atoms with E-state index in [0.717, 1.165) is 12.8 Å². The fourth-order valence-electron chi connectivity index (χ4n) is 3.48. The summed E-state index contributed by atoms with van der Waals surface area (Å²) in [7, 11) is 0. The molecule has 4 N–H and O–H groups in total. The smallest absolute Gasteiger partial charge is 0.293 e. The van der Waals surface area contributed by atoms with Gasteiger partial charge in [-0.1, -0.05) is 0 Å². The molecule has 122 valence electrons. The molecule has 2 bridgehead atoms. The number of nitrogens with one attached hydrogen (secondary N) is 2. The van der Waals surface area contributed by atoms with E-state index in [9.17, 15) is 9.59 Å². The van der Waals surface area contributed by atoms with Crippen LogP contribution in [0.25, 0.3) is 11.0 Å². The summed E-state index contributed by atoms with van der Waals surface area (Å²) in [5.41, 5.74) is 5.81. The Morgan fingerprint density at radius 3 is 2.96 bits per heavy atom. The normalized spacial score (nSPS) is 24.6. The Bertz CT molecular complexity index is 892. The summed E-state index contributed by atoms with van der Waals surface area (Å²) in [5, 5.41) is 7.25. The van der Waals surface area contributed by atoms with E-state index < -0.39 is 5.91 Å². The predicted octanol–water partition coefficient (Wildman–Crippen LogP) is 0.287. The van der Waals surface area contributed by atoms with E-state index in [1.54, 1.807) is 12.1 Å². The van der Waals surface area contributed by atoms with Crippen molar-refractivity contribution in [3.63, 3.8) is 0 Å². The molecule has 2 fully saturated rings. The van der Waals surface area contributed by atoms with Crippen molar-refractivity contribution in [2.45, 2.75) is 37.4 Å². The molecule has 2 amide bonds. The lowest BCUT2D eigenvalue weighted by Gasteiger charge is -2.21. The van der Waals surface area contributed by atoms with Crippen LogP contribution in [0.5, 0.6) is 0 Å². The molecule has 0 unspecified atom stereocenters. The zero-order chi connectivity index (χ0) is 16.7. The van der Waals surface area contributed by atoms with E-state index in [4.69, 9.17) is 10.2 Å². The van der Waals surface area contributed by atoms with Crippen molar-refractivity contribution in [3.05, 3.63) is 29.8 Å². The summed E-state index contributed by atoms with van der Waals surface area (Å²) in [5.74, 6) is 4.13. The average molecular weight is 324 g/mol. The molecule has 4 rings (SSSR count). The molecule has 7 heteroatoms. The average Bonchev–Trinajstić information content (AvgIpc) is 3.26. The second kappa shape index (κ2) is 5.65. The quantitative estimate of drug-likeness (QED) is 0.688. The topological polar surface area (TPSA) is 110 Å². The molecule has 24 heavy (non-hydrogen) atoms. The lowest BCUT2D eigenvalue weighted by molar-refractivity contribution is -0.112. The fourth-order valence-corrected chi connectivity index (χ4v) is 3.48. The van der Waals surface area contributed by atoms with Gasteiger partial charge in [-0.05, 0) is 31.2 Å². The molecule has 3 atom stereocenters. The van der Waals surface area contributed by atoms with Crippen LogP contribution in [-0.4, -0.2) is 34.9 Å². The van der Waals surface area contributed by atoms with Crippen LogP contribution in [0.15, 0.2) is 22.7 Å². The first-order valence-electron chi connectivity index (χ1n) is 7.86. The zero-order valence-corrected chi connectivity index (χ0v) is 12.8. The van der Waals surface area contributed by atoms with Gasteiger partial charge in [0.15, 0.2) is 11.3 Å². The molecular formula is C17H16N4O3. The summed E-state index contributed by atoms with van der Waals surface area (Å²) < 4.78 is 5.44. The van der Waals surface area contributed by atoms with Crippen molar-refractivity contribution in [1.29, 1.82) is 0 Å². The number of pyridine rings is 1. The maximum atomic E-state index is 12.4. The molecule has 0 aliphatic carbocycles. The summed E-state index contributed by atoms with van der Waals surface area (Å²) >= 11 is 0. The second-order valence-electron chi connectivity index (χ2n) is 6.20. The Morgan fingerprint density at radius 1 is 1.38 bits per heavy atom. The molecule has 2 aliphatic rings. The van der Waals surface area contributed by atoms with Crippen molar-refractivity contribution in [2.24, 2.45) is 5.73 Å². The van der Waals surface area contributed by atoms with E-state index >= 15 is 0 Å². The number of aromatic nitrogens is 1. The van der Waals surface area contributed by atoms with E-state index in [-0.39, 0.29) is 11.9 Å². The molecule has 2 aromatic rings. The number of carbonyl (C=O) groups is 2. The van der Waals surface area contributed by atoms with Gasteiger partial charge in [0, 0.05) is 35.5 Å². The Morgan fingerprint density at radius 2 is 2.25 bits per heavy atom. The van der Waals surface area contributed by atoms with E-state index in [1.807, 2.05) is 0 Å². The van der Waals surface area contributed by atoms with Gasteiger partial charge in [-0.25, -0.2) is 4.98 Å². The van der Waals surface area contributed by atoms with Gasteiger partial charge in [-0.2, -0.15) is 0 Å². The highest BCUT2D eigenvalue weighted by molar-refractivity contribution is 5.96. The van der Waals surface area contributed by atoms with Gasteiger partial charge in [0.2, 0.25) is 0 Å². The molecule has 2 aromatic heterocycles. The molecular weight excluding hydrogens is 308 g/mol. The van der Waals surface area contributed by atoms with Crippen LogP contribution in [0, 0.1) is 11.8 Å². The molecule has 0 radical (unpaired) electrons. The number of hydrogen-bond acceptors (Lipinski definition) is 5. The van der Waals surface area contributed by atoms with E-state index in [2.05, 4.69) is 27.5 Å². The van der Waals surface area contributed by atoms with Gasteiger partial charge < -0.3 is 20.8 Å². The standard InChI is InChI=1S/C17H16N4O3/c18-16(22)4-2-11-5-9-6-14(19-8-15(9)24-11)17(23)21-13-7-10-1-3-12(13)20-10/h5-6,8,10,12-13,20H,1,3,7H2,(H2,18,22)(H,21,23)/t10-,12+,13-/m1/s1. The Hall–Kier alpha value is -2.85. The lowest BCUT2D eigenvalue weighted by Crippen LogP contribution is -2.43. The van der Waals surface area contributed by atoms with Crippen LogP contribution in [-0.2, 0) is 4.79 Å². The second-order valence-corrected chi connectivity index (χ2v) is 6.20. The van der Waals surface area contributed by atoms with Crippen molar-refractivity contribution in [3.8, 4) is 11.8 Å². The minimum atomic E-state index is -0.729. The van der Waals surface area contributed by atoms with E-state index in [0.29, 0.717) is 34.5 Å². The number of hydrogen-bond donors (Lipinski definition) is 3. The molecule has 2 saturated heterocycles. The summed E-state index contributed by atoms with van der Waals surface area (Å²) in [6.45, 7) is 0. The Kier molecular flexibility index (Phi) is 3.47. The summed E-state index contributed by atoms with van der Waals surface area (Å²) in [4.78, 5) is 27.3. The van der Waals surface area contributed by atoms with Crippen LogP contribution in [0.4, 0.5) is 0 Å². The number of amides is 2. The van der Waals surface area contributed by atoms with Crippen LogP contribution in [0.1, 0.15) is 35.5 Å². The summed E-state index contributed by atoms with van der Waals surface area (Å²) in [6.07, 6.45) is 4.74. The van der Waals surface area contributed by atoms with Gasteiger partial charge in [0.25, 0.3) is 11.8 Å². The number of rotatable bonds is 2. The highest BCUT2D eigenvalue weighted by Gasteiger charge is 2.39. The Labute approximate surface area is 138 Å².